The van der Waals surface area contributed by atoms with Gasteiger partial charge in [0.1, 0.15) is 10.3 Å². The van der Waals surface area contributed by atoms with Crippen molar-refractivity contribution < 1.29 is 13.6 Å². The second kappa shape index (κ2) is 4.11. The number of rotatable bonds is 2. The van der Waals surface area contributed by atoms with Crippen LogP contribution in [-0.4, -0.2) is 11.3 Å². The lowest BCUT2D eigenvalue weighted by Gasteiger charge is -2.04. The van der Waals surface area contributed by atoms with Crippen molar-refractivity contribution in [2.45, 2.75) is 6.43 Å². The summed E-state index contributed by atoms with van der Waals surface area (Å²) in [4.78, 5) is 13.8. The smallest absolute Gasteiger partial charge is 0.281 e. The number of carbonyl (C=O) groups excluding carboxylic acids is 1. The average Bonchev–Trinajstić information content (AvgIpc) is 2.02. The number of aldehydes is 1. The molecule has 2 nitrogen and oxygen atoms in total. The van der Waals surface area contributed by atoms with Crippen LogP contribution in [0.15, 0.2) is 10.7 Å². The minimum absolute atomic E-state index is 0.0350. The van der Waals surface area contributed by atoms with Gasteiger partial charge in [-0.15, -0.1) is 0 Å². The zero-order valence-electron chi connectivity index (χ0n) is 6.10. The highest BCUT2D eigenvalue weighted by Crippen LogP contribution is 2.27. The first-order valence-corrected chi connectivity index (χ1v) is 4.32. The molecule has 0 aromatic carbocycles. The van der Waals surface area contributed by atoms with Gasteiger partial charge in [-0.1, -0.05) is 11.6 Å². The van der Waals surface area contributed by atoms with Crippen LogP contribution in [0.4, 0.5) is 8.78 Å². The Kier molecular flexibility index (Phi) is 3.33. The Bertz CT molecular complexity index is 346. The van der Waals surface area contributed by atoms with E-state index in [1.54, 1.807) is 0 Å². The molecule has 0 bridgehead atoms. The largest absolute Gasteiger partial charge is 0.298 e. The van der Waals surface area contributed by atoms with Crippen molar-refractivity contribution in [1.29, 1.82) is 0 Å². The molecule has 1 rings (SSSR count). The van der Waals surface area contributed by atoms with E-state index < -0.39 is 12.1 Å². The van der Waals surface area contributed by atoms with Crippen LogP contribution in [0.1, 0.15) is 22.5 Å². The van der Waals surface area contributed by atoms with Gasteiger partial charge in [0.25, 0.3) is 6.43 Å². The summed E-state index contributed by atoms with van der Waals surface area (Å²) in [6.07, 6.45) is -2.54. The van der Waals surface area contributed by atoms with Crippen molar-refractivity contribution in [3.8, 4) is 0 Å². The van der Waals surface area contributed by atoms with Crippen LogP contribution in [0.25, 0.3) is 0 Å². The third kappa shape index (κ3) is 2.22. The summed E-state index contributed by atoms with van der Waals surface area (Å²) in [6, 6.07) is 1.29. The molecule has 1 aromatic heterocycles. The summed E-state index contributed by atoms with van der Waals surface area (Å²) in [5.74, 6) is 0. The molecular weight excluding hydrogens is 267 g/mol. The molecule has 0 atom stereocenters. The van der Waals surface area contributed by atoms with Crippen LogP contribution in [-0.2, 0) is 0 Å². The Morgan fingerprint density at radius 3 is 2.69 bits per heavy atom. The normalized spacial score (nSPS) is 10.5. The summed E-state index contributed by atoms with van der Waals surface area (Å²) in [5, 5.41) is -0.0350. The Hall–Kier alpha value is -0.550. The molecule has 0 spiro atoms. The minimum atomic E-state index is -2.81. The summed E-state index contributed by atoms with van der Waals surface area (Å²) in [7, 11) is 0. The summed E-state index contributed by atoms with van der Waals surface area (Å²) in [6.45, 7) is 0. The first-order chi connectivity index (χ1) is 6.06. The number of halogens is 4. The molecule has 1 heterocycles. The van der Waals surface area contributed by atoms with E-state index in [1.165, 1.54) is 6.07 Å². The number of carbonyl (C=O) groups is 1. The Morgan fingerprint density at radius 1 is 1.62 bits per heavy atom. The minimum Gasteiger partial charge on any atom is -0.298 e. The van der Waals surface area contributed by atoms with Crippen LogP contribution >= 0.6 is 27.5 Å². The molecule has 0 N–H and O–H groups in total. The van der Waals surface area contributed by atoms with Crippen molar-refractivity contribution in [2.75, 3.05) is 0 Å². The first-order valence-electron chi connectivity index (χ1n) is 3.15. The number of alkyl halides is 2. The maximum Gasteiger partial charge on any atom is 0.281 e. The fourth-order valence-electron chi connectivity index (χ4n) is 0.795. The van der Waals surface area contributed by atoms with Crippen molar-refractivity contribution in [2.24, 2.45) is 0 Å². The maximum atomic E-state index is 12.3. The van der Waals surface area contributed by atoms with E-state index >= 15 is 0 Å². The number of hydrogen-bond donors (Lipinski definition) is 0. The van der Waals surface area contributed by atoms with Crippen LogP contribution in [0.2, 0.25) is 5.02 Å². The second-order valence-electron chi connectivity index (χ2n) is 2.14. The van der Waals surface area contributed by atoms with Crippen molar-refractivity contribution in [3.63, 3.8) is 0 Å². The second-order valence-corrected chi connectivity index (χ2v) is 3.36. The van der Waals surface area contributed by atoms with E-state index in [2.05, 4.69) is 20.9 Å². The molecule has 0 fully saturated rings. The van der Waals surface area contributed by atoms with Crippen molar-refractivity contribution >= 4 is 33.8 Å². The highest BCUT2D eigenvalue weighted by Gasteiger charge is 2.18. The summed E-state index contributed by atoms with van der Waals surface area (Å²) >= 11 is 8.44. The number of aromatic nitrogens is 1. The van der Waals surface area contributed by atoms with Gasteiger partial charge in [-0.05, 0) is 22.0 Å². The van der Waals surface area contributed by atoms with Gasteiger partial charge in [0.2, 0.25) is 0 Å². The number of nitrogens with zero attached hydrogens (tertiary/aromatic N) is 1. The molecule has 0 aliphatic heterocycles. The molecule has 6 heteroatoms. The predicted molar refractivity (Wildman–Crippen MR) is 47.3 cm³/mol. The number of pyridine rings is 1. The lowest BCUT2D eigenvalue weighted by atomic mass is 10.2. The third-order valence-corrected chi connectivity index (χ3v) is 2.05. The van der Waals surface area contributed by atoms with Crippen LogP contribution in [0, 0.1) is 0 Å². The van der Waals surface area contributed by atoms with E-state index in [-0.39, 0.29) is 21.5 Å². The van der Waals surface area contributed by atoms with Gasteiger partial charge < -0.3 is 0 Å². The van der Waals surface area contributed by atoms with Crippen LogP contribution in [0.5, 0.6) is 0 Å². The Morgan fingerprint density at radius 2 is 2.23 bits per heavy atom. The zero-order valence-corrected chi connectivity index (χ0v) is 8.44. The number of hydrogen-bond acceptors (Lipinski definition) is 2. The SMILES string of the molecule is O=Cc1c(Cl)cc(Br)nc1C(F)F. The summed E-state index contributed by atoms with van der Waals surface area (Å²) < 4.78 is 24.7. The predicted octanol–water partition coefficient (Wildman–Crippen LogP) is 3.25. The maximum absolute atomic E-state index is 12.3. The topological polar surface area (TPSA) is 30.0 Å². The average molecular weight is 270 g/mol. The highest BCUT2D eigenvalue weighted by atomic mass is 79.9. The molecular formula is C7H3BrClF2NO. The molecule has 13 heavy (non-hydrogen) atoms. The van der Waals surface area contributed by atoms with Gasteiger partial charge in [0.05, 0.1) is 10.6 Å². The zero-order chi connectivity index (χ0) is 10.0. The van der Waals surface area contributed by atoms with Gasteiger partial charge in [-0.3, -0.25) is 4.79 Å². The quantitative estimate of drug-likeness (QED) is 0.610. The van der Waals surface area contributed by atoms with Gasteiger partial charge in [0, 0.05) is 0 Å². The lowest BCUT2D eigenvalue weighted by Crippen LogP contribution is -1.98. The summed E-state index contributed by atoms with van der Waals surface area (Å²) in [5.41, 5.74) is -0.866. The first kappa shape index (κ1) is 10.5. The van der Waals surface area contributed by atoms with E-state index in [0.717, 1.165) is 0 Å². The van der Waals surface area contributed by atoms with Gasteiger partial charge in [0.15, 0.2) is 6.29 Å². The van der Waals surface area contributed by atoms with Gasteiger partial charge in [-0.25, -0.2) is 13.8 Å². The molecule has 0 radical (unpaired) electrons. The molecule has 0 saturated carbocycles. The fraction of sp³-hybridized carbons (Fsp3) is 0.143. The van der Waals surface area contributed by atoms with Crippen molar-refractivity contribution in [1.82, 2.24) is 4.98 Å². The highest BCUT2D eigenvalue weighted by molar-refractivity contribution is 9.10. The molecule has 0 saturated heterocycles. The van der Waals surface area contributed by atoms with E-state index in [0.29, 0.717) is 0 Å². The van der Waals surface area contributed by atoms with Gasteiger partial charge in [-0.2, -0.15) is 0 Å². The van der Waals surface area contributed by atoms with E-state index in [4.69, 9.17) is 11.6 Å². The third-order valence-electron chi connectivity index (χ3n) is 1.33. The molecule has 70 valence electrons. The van der Waals surface area contributed by atoms with E-state index in [1.807, 2.05) is 0 Å². The van der Waals surface area contributed by atoms with Crippen LogP contribution < -0.4 is 0 Å². The van der Waals surface area contributed by atoms with Crippen molar-refractivity contribution in [3.05, 3.63) is 26.9 Å². The molecule has 0 aliphatic carbocycles. The Labute approximate surface area is 86.0 Å². The molecule has 0 unspecified atom stereocenters. The monoisotopic (exact) mass is 269 g/mol. The van der Waals surface area contributed by atoms with E-state index in [9.17, 15) is 13.6 Å². The molecule has 0 aliphatic rings. The lowest BCUT2D eigenvalue weighted by molar-refractivity contribution is 0.110. The Balaban J connectivity index is 3.38. The van der Waals surface area contributed by atoms with Crippen LogP contribution in [0.3, 0.4) is 0 Å². The molecule has 0 amide bonds. The standard InChI is InChI=1S/C7H3BrClF2NO/c8-5-1-4(9)3(2-13)6(12-5)7(10)11/h1-2,7H. The fourth-order valence-corrected chi connectivity index (χ4v) is 1.59. The van der Waals surface area contributed by atoms with Gasteiger partial charge >= 0.3 is 0 Å². The molecule has 1 aromatic rings.